The van der Waals surface area contributed by atoms with Gasteiger partial charge < -0.3 is 20.1 Å². The predicted octanol–water partition coefficient (Wildman–Crippen LogP) is 5.49. The van der Waals surface area contributed by atoms with E-state index in [1.807, 2.05) is 6.92 Å². The molecule has 196 valence electrons. The number of esters is 2. The summed E-state index contributed by atoms with van der Waals surface area (Å²) in [6.07, 6.45) is 9.43. The van der Waals surface area contributed by atoms with Crippen LogP contribution in [0.5, 0.6) is 0 Å². The molecule has 0 saturated carbocycles. The standard InChI is InChI=1S/C27H54N2O4/c1-7-28-18-17-25(29-8-2)24(27(31)33-20-14-10-12-16-23(5)6)21-26(30)32-19-13-9-11-15-22(3)4/h22-25,28-29H,7-21H2,1-6H3. The average molecular weight is 471 g/mol. The highest BCUT2D eigenvalue weighted by atomic mass is 16.5. The fourth-order valence-electron chi connectivity index (χ4n) is 3.90. The Labute approximate surface area is 204 Å². The van der Waals surface area contributed by atoms with E-state index in [9.17, 15) is 9.59 Å². The van der Waals surface area contributed by atoms with E-state index in [-0.39, 0.29) is 24.4 Å². The molecule has 0 aliphatic heterocycles. The molecule has 0 fully saturated rings. The van der Waals surface area contributed by atoms with E-state index < -0.39 is 5.92 Å². The summed E-state index contributed by atoms with van der Waals surface area (Å²) in [7, 11) is 0. The van der Waals surface area contributed by atoms with Crippen LogP contribution in [0.4, 0.5) is 0 Å². The van der Waals surface area contributed by atoms with Crippen LogP contribution in [-0.2, 0) is 19.1 Å². The van der Waals surface area contributed by atoms with Gasteiger partial charge in [-0.1, -0.05) is 80.1 Å². The van der Waals surface area contributed by atoms with Gasteiger partial charge in [-0.25, -0.2) is 0 Å². The first-order valence-corrected chi connectivity index (χ1v) is 13.6. The number of unbranched alkanes of at least 4 members (excludes halogenated alkanes) is 4. The minimum absolute atomic E-state index is 0.0714. The lowest BCUT2D eigenvalue weighted by Crippen LogP contribution is -2.44. The smallest absolute Gasteiger partial charge is 0.311 e. The summed E-state index contributed by atoms with van der Waals surface area (Å²) in [5, 5.41) is 6.71. The Morgan fingerprint density at radius 1 is 0.727 bits per heavy atom. The van der Waals surface area contributed by atoms with Crippen molar-refractivity contribution in [2.45, 2.75) is 112 Å². The Bertz CT molecular complexity index is 483. The van der Waals surface area contributed by atoms with Crippen LogP contribution in [0.15, 0.2) is 0 Å². The van der Waals surface area contributed by atoms with Gasteiger partial charge in [-0.3, -0.25) is 9.59 Å². The number of nitrogens with one attached hydrogen (secondary N) is 2. The number of ether oxygens (including phenoxy) is 2. The molecule has 0 aliphatic rings. The lowest BCUT2D eigenvalue weighted by Gasteiger charge is -2.26. The molecule has 0 aromatic rings. The molecular weight excluding hydrogens is 416 g/mol. The van der Waals surface area contributed by atoms with Crippen LogP contribution in [-0.4, -0.2) is 50.8 Å². The maximum absolute atomic E-state index is 13.0. The van der Waals surface area contributed by atoms with Crippen molar-refractivity contribution in [1.29, 1.82) is 0 Å². The van der Waals surface area contributed by atoms with Crippen LogP contribution >= 0.6 is 0 Å². The Morgan fingerprint density at radius 2 is 1.30 bits per heavy atom. The molecule has 0 heterocycles. The fraction of sp³-hybridized carbons (Fsp3) is 0.926. The number of rotatable bonds is 22. The van der Waals surface area contributed by atoms with Crippen LogP contribution in [0, 0.1) is 17.8 Å². The molecule has 2 N–H and O–H groups in total. The van der Waals surface area contributed by atoms with E-state index in [1.165, 1.54) is 12.8 Å². The summed E-state index contributed by atoms with van der Waals surface area (Å²) in [4.78, 5) is 25.5. The maximum Gasteiger partial charge on any atom is 0.311 e. The van der Waals surface area contributed by atoms with Gasteiger partial charge in [0.05, 0.1) is 25.6 Å². The molecule has 2 atom stereocenters. The third-order valence-electron chi connectivity index (χ3n) is 5.88. The summed E-state index contributed by atoms with van der Waals surface area (Å²) >= 11 is 0. The summed E-state index contributed by atoms with van der Waals surface area (Å²) in [6, 6.07) is -0.110. The molecule has 0 rings (SSSR count). The summed E-state index contributed by atoms with van der Waals surface area (Å²) in [5.74, 6) is 0.308. The zero-order valence-electron chi connectivity index (χ0n) is 22.5. The highest BCUT2D eigenvalue weighted by molar-refractivity contribution is 5.80. The molecule has 0 bridgehead atoms. The van der Waals surface area contributed by atoms with Crippen molar-refractivity contribution in [2.24, 2.45) is 17.8 Å². The molecule has 0 radical (unpaired) electrons. The Kier molecular flexibility index (Phi) is 20.7. The van der Waals surface area contributed by atoms with Crippen molar-refractivity contribution >= 4 is 11.9 Å². The van der Waals surface area contributed by atoms with Crippen LogP contribution in [0.2, 0.25) is 0 Å². The third-order valence-corrected chi connectivity index (χ3v) is 5.88. The normalized spacial score (nSPS) is 13.3. The zero-order valence-corrected chi connectivity index (χ0v) is 22.5. The molecule has 6 heteroatoms. The summed E-state index contributed by atoms with van der Waals surface area (Å²) in [6.45, 7) is 16.2. The summed E-state index contributed by atoms with van der Waals surface area (Å²) in [5.41, 5.74) is 0. The number of hydrogen-bond donors (Lipinski definition) is 2. The first-order valence-electron chi connectivity index (χ1n) is 13.6. The molecule has 0 saturated heterocycles. The van der Waals surface area contributed by atoms with E-state index in [2.05, 4.69) is 45.3 Å². The highest BCUT2D eigenvalue weighted by Crippen LogP contribution is 2.17. The molecular formula is C27H54N2O4. The second kappa shape index (κ2) is 21.4. The van der Waals surface area contributed by atoms with Gasteiger partial charge in [0, 0.05) is 6.04 Å². The van der Waals surface area contributed by atoms with E-state index in [4.69, 9.17) is 9.47 Å². The van der Waals surface area contributed by atoms with Gasteiger partial charge in [0.2, 0.25) is 0 Å². The average Bonchev–Trinajstić information content (AvgIpc) is 2.76. The van der Waals surface area contributed by atoms with Crippen molar-refractivity contribution in [1.82, 2.24) is 10.6 Å². The van der Waals surface area contributed by atoms with E-state index in [0.717, 1.165) is 64.6 Å². The van der Waals surface area contributed by atoms with E-state index >= 15 is 0 Å². The van der Waals surface area contributed by atoms with Crippen LogP contribution in [0.25, 0.3) is 0 Å². The zero-order chi connectivity index (χ0) is 24.9. The lowest BCUT2D eigenvalue weighted by atomic mass is 9.93. The predicted molar refractivity (Wildman–Crippen MR) is 137 cm³/mol. The summed E-state index contributed by atoms with van der Waals surface area (Å²) < 4.78 is 11.1. The number of carbonyl (C=O) groups excluding carboxylic acids is 2. The number of carbonyl (C=O) groups is 2. The number of hydrogen-bond acceptors (Lipinski definition) is 6. The first kappa shape index (κ1) is 31.9. The van der Waals surface area contributed by atoms with Gasteiger partial charge in [0.1, 0.15) is 0 Å². The van der Waals surface area contributed by atoms with Gasteiger partial charge in [0.15, 0.2) is 0 Å². The molecule has 6 nitrogen and oxygen atoms in total. The van der Waals surface area contributed by atoms with Crippen molar-refractivity contribution in [3.63, 3.8) is 0 Å². The molecule has 0 amide bonds. The van der Waals surface area contributed by atoms with E-state index in [0.29, 0.717) is 25.0 Å². The largest absolute Gasteiger partial charge is 0.466 e. The maximum atomic E-state index is 13.0. The Hall–Kier alpha value is -1.14. The van der Waals surface area contributed by atoms with Crippen molar-refractivity contribution in [3.8, 4) is 0 Å². The SMILES string of the molecule is CCNCCC(NCC)C(CC(=O)OCCCCCC(C)C)C(=O)OCCCCCC(C)C. The van der Waals surface area contributed by atoms with Gasteiger partial charge in [0.25, 0.3) is 0 Å². The van der Waals surface area contributed by atoms with Crippen LogP contribution in [0.1, 0.15) is 106 Å². The Balaban J connectivity index is 4.70. The first-order chi connectivity index (χ1) is 15.8. The second-order valence-corrected chi connectivity index (χ2v) is 9.99. The van der Waals surface area contributed by atoms with Gasteiger partial charge in [-0.05, 0) is 50.7 Å². The monoisotopic (exact) mass is 470 g/mol. The second-order valence-electron chi connectivity index (χ2n) is 9.99. The van der Waals surface area contributed by atoms with Crippen LogP contribution < -0.4 is 10.6 Å². The topological polar surface area (TPSA) is 76.7 Å². The van der Waals surface area contributed by atoms with Gasteiger partial charge >= 0.3 is 11.9 Å². The van der Waals surface area contributed by atoms with Crippen molar-refractivity contribution < 1.29 is 19.1 Å². The van der Waals surface area contributed by atoms with Crippen molar-refractivity contribution in [3.05, 3.63) is 0 Å². The fourth-order valence-corrected chi connectivity index (χ4v) is 3.90. The van der Waals surface area contributed by atoms with Crippen LogP contribution in [0.3, 0.4) is 0 Å². The molecule has 0 aromatic heterocycles. The van der Waals surface area contributed by atoms with Gasteiger partial charge in [-0.2, -0.15) is 0 Å². The molecule has 0 aromatic carbocycles. The lowest BCUT2D eigenvalue weighted by molar-refractivity contribution is -0.156. The molecule has 2 unspecified atom stereocenters. The minimum atomic E-state index is -0.521. The molecule has 33 heavy (non-hydrogen) atoms. The molecule has 0 aliphatic carbocycles. The third kappa shape index (κ3) is 18.9. The van der Waals surface area contributed by atoms with Gasteiger partial charge in [-0.15, -0.1) is 0 Å². The highest BCUT2D eigenvalue weighted by Gasteiger charge is 2.31. The van der Waals surface area contributed by atoms with Crippen molar-refractivity contribution in [2.75, 3.05) is 32.8 Å². The van der Waals surface area contributed by atoms with E-state index in [1.54, 1.807) is 0 Å². The quantitative estimate of drug-likeness (QED) is 0.161. The minimum Gasteiger partial charge on any atom is -0.466 e. The molecule has 0 spiro atoms. The Morgan fingerprint density at radius 3 is 1.82 bits per heavy atom.